The first-order valence-corrected chi connectivity index (χ1v) is 8.29. The van der Waals surface area contributed by atoms with Gasteiger partial charge in [0.2, 0.25) is 0 Å². The molecular formula is C16H15ClN4OS. The van der Waals surface area contributed by atoms with E-state index in [2.05, 4.69) is 14.4 Å². The third kappa shape index (κ3) is 4.21. The lowest BCUT2D eigenvalue weighted by Gasteiger charge is -2.16. The van der Waals surface area contributed by atoms with Crippen molar-refractivity contribution in [2.24, 2.45) is 4.40 Å². The Morgan fingerprint density at radius 2 is 2.04 bits per heavy atom. The van der Waals surface area contributed by atoms with Crippen molar-refractivity contribution in [2.45, 2.75) is 25.5 Å². The minimum atomic E-state index is -1.50. The molecule has 1 unspecified atom stereocenters. The second-order valence-electron chi connectivity index (χ2n) is 5.68. The molecule has 0 spiro atoms. The molecule has 2 aromatic rings. The lowest BCUT2D eigenvalue weighted by molar-refractivity contribution is 0.650. The minimum Gasteiger partial charge on any atom is -0.245 e. The molecule has 5 nitrogen and oxygen atoms in total. The topological polar surface area (TPSA) is 79.0 Å². The van der Waals surface area contributed by atoms with Gasteiger partial charge in [0.1, 0.15) is 27.9 Å². The van der Waals surface area contributed by atoms with Gasteiger partial charge in [0, 0.05) is 23.5 Å². The number of hydrogen-bond acceptors (Lipinski definition) is 4. The van der Waals surface area contributed by atoms with Crippen molar-refractivity contribution in [3.05, 3.63) is 58.6 Å². The van der Waals surface area contributed by atoms with Crippen LogP contribution in [0.3, 0.4) is 0 Å². The van der Waals surface area contributed by atoms with Gasteiger partial charge in [0.15, 0.2) is 0 Å². The van der Waals surface area contributed by atoms with Gasteiger partial charge >= 0.3 is 0 Å². The molecule has 0 N–H and O–H groups in total. The van der Waals surface area contributed by atoms with Crippen LogP contribution in [0.5, 0.6) is 0 Å². The first kappa shape index (κ1) is 17.3. The predicted molar refractivity (Wildman–Crippen MR) is 91.7 cm³/mol. The standard InChI is InChI=1S/C16H15ClN4OS/c1-16(2,3)23(22)21-15(11-6-8-20-14(17)9-11)12-5-4-7-19-13(12)10-18/h4-9H,1-3H3. The summed E-state index contributed by atoms with van der Waals surface area (Å²) in [5, 5.41) is 9.57. The van der Waals surface area contributed by atoms with Gasteiger partial charge < -0.3 is 0 Å². The summed E-state index contributed by atoms with van der Waals surface area (Å²) in [6.45, 7) is 5.49. The summed E-state index contributed by atoms with van der Waals surface area (Å²) < 4.78 is 16.3. The van der Waals surface area contributed by atoms with E-state index in [9.17, 15) is 9.47 Å². The van der Waals surface area contributed by atoms with Crippen molar-refractivity contribution >= 4 is 28.3 Å². The van der Waals surface area contributed by atoms with Crippen LogP contribution in [0, 0.1) is 11.3 Å². The normalized spacial score (nSPS) is 13.4. The Hall–Kier alpha value is -2.10. The largest absolute Gasteiger partial charge is 0.245 e. The molecule has 0 aliphatic carbocycles. The van der Waals surface area contributed by atoms with Crippen LogP contribution in [0.25, 0.3) is 0 Å². The van der Waals surface area contributed by atoms with Gasteiger partial charge in [-0.15, -0.1) is 0 Å². The van der Waals surface area contributed by atoms with Crippen molar-refractivity contribution in [1.82, 2.24) is 9.97 Å². The van der Waals surface area contributed by atoms with E-state index < -0.39 is 15.7 Å². The molecule has 23 heavy (non-hydrogen) atoms. The third-order valence-electron chi connectivity index (χ3n) is 2.87. The quantitative estimate of drug-likeness (QED) is 0.631. The van der Waals surface area contributed by atoms with Crippen molar-refractivity contribution in [3.8, 4) is 6.07 Å². The molecule has 0 saturated carbocycles. The summed E-state index contributed by atoms with van der Waals surface area (Å²) >= 11 is 5.95. The molecule has 0 aliphatic rings. The summed E-state index contributed by atoms with van der Waals surface area (Å²) in [7, 11) is -1.50. The number of rotatable bonds is 3. The minimum absolute atomic E-state index is 0.213. The Morgan fingerprint density at radius 1 is 1.30 bits per heavy atom. The summed E-state index contributed by atoms with van der Waals surface area (Å²) in [6, 6.07) is 8.78. The molecule has 2 heterocycles. The summed E-state index contributed by atoms with van der Waals surface area (Å²) in [4.78, 5) is 7.99. The lowest BCUT2D eigenvalue weighted by Crippen LogP contribution is -2.22. The fourth-order valence-corrected chi connectivity index (χ4v) is 2.53. The van der Waals surface area contributed by atoms with Crippen LogP contribution in [0.1, 0.15) is 37.6 Å². The Balaban J connectivity index is 2.69. The van der Waals surface area contributed by atoms with Crippen LogP contribution in [0.15, 0.2) is 41.1 Å². The Bertz CT molecular complexity index is 821. The fourth-order valence-electron chi connectivity index (χ4n) is 1.71. The average Bonchev–Trinajstić information content (AvgIpc) is 2.51. The summed E-state index contributed by atoms with van der Waals surface area (Å²) in [6.07, 6.45) is 3.07. The zero-order chi connectivity index (χ0) is 17.0. The maximum atomic E-state index is 12.5. The van der Waals surface area contributed by atoms with Crippen molar-refractivity contribution in [2.75, 3.05) is 0 Å². The fraction of sp³-hybridized carbons (Fsp3) is 0.250. The van der Waals surface area contributed by atoms with Gasteiger partial charge in [-0.2, -0.15) is 9.66 Å². The number of aromatic nitrogens is 2. The molecule has 0 aromatic carbocycles. The molecular weight excluding hydrogens is 332 g/mol. The highest BCUT2D eigenvalue weighted by Gasteiger charge is 2.22. The Morgan fingerprint density at radius 3 is 2.65 bits per heavy atom. The Labute approximate surface area is 142 Å². The van der Waals surface area contributed by atoms with Crippen molar-refractivity contribution in [1.29, 1.82) is 5.26 Å². The van der Waals surface area contributed by atoms with E-state index in [0.717, 1.165) is 0 Å². The molecule has 0 saturated heterocycles. The molecule has 1 atom stereocenters. The molecule has 118 valence electrons. The third-order valence-corrected chi connectivity index (χ3v) is 4.47. The van der Waals surface area contributed by atoms with Crippen LogP contribution >= 0.6 is 11.6 Å². The van der Waals surface area contributed by atoms with E-state index in [4.69, 9.17) is 11.6 Å². The number of hydrogen-bond donors (Lipinski definition) is 0. The first-order valence-electron chi connectivity index (χ1n) is 6.81. The van der Waals surface area contributed by atoms with Crippen molar-refractivity contribution < 1.29 is 4.21 Å². The summed E-state index contributed by atoms with van der Waals surface area (Å²) in [5.41, 5.74) is 1.76. The van der Waals surface area contributed by atoms with Crippen LogP contribution in [-0.2, 0) is 11.0 Å². The number of pyridine rings is 2. The number of nitrogens with zero attached hydrogens (tertiary/aromatic N) is 4. The monoisotopic (exact) mass is 346 g/mol. The highest BCUT2D eigenvalue weighted by molar-refractivity contribution is 7.85. The van der Waals surface area contributed by atoms with E-state index in [-0.39, 0.29) is 5.69 Å². The number of halogens is 1. The maximum Gasteiger partial charge on any atom is 0.149 e. The average molecular weight is 347 g/mol. The lowest BCUT2D eigenvalue weighted by atomic mass is 10.0. The van der Waals surface area contributed by atoms with Gasteiger partial charge in [-0.3, -0.25) is 0 Å². The number of nitriles is 1. The molecule has 0 amide bonds. The van der Waals surface area contributed by atoms with Crippen LogP contribution in [-0.4, -0.2) is 24.6 Å². The smallest absolute Gasteiger partial charge is 0.149 e. The molecule has 0 bridgehead atoms. The van der Waals surface area contributed by atoms with Crippen LogP contribution < -0.4 is 0 Å². The van der Waals surface area contributed by atoms with Gasteiger partial charge in [0.25, 0.3) is 0 Å². The van der Waals surface area contributed by atoms with Gasteiger partial charge in [-0.05, 0) is 45.0 Å². The molecule has 0 radical (unpaired) electrons. The predicted octanol–water partition coefficient (Wildman–Crippen LogP) is 3.30. The van der Waals surface area contributed by atoms with E-state index in [0.29, 0.717) is 22.0 Å². The molecule has 2 rings (SSSR count). The van der Waals surface area contributed by atoms with E-state index in [1.165, 1.54) is 12.4 Å². The van der Waals surface area contributed by atoms with Gasteiger partial charge in [0.05, 0.1) is 10.5 Å². The van der Waals surface area contributed by atoms with E-state index in [1.807, 2.05) is 26.8 Å². The molecule has 2 aromatic heterocycles. The van der Waals surface area contributed by atoms with Crippen LogP contribution in [0.2, 0.25) is 5.15 Å². The zero-order valence-electron chi connectivity index (χ0n) is 12.9. The van der Waals surface area contributed by atoms with E-state index in [1.54, 1.807) is 24.3 Å². The molecule has 7 heteroatoms. The second kappa shape index (κ2) is 6.99. The molecule has 0 fully saturated rings. The van der Waals surface area contributed by atoms with Gasteiger partial charge in [-0.25, -0.2) is 14.2 Å². The highest BCUT2D eigenvalue weighted by atomic mass is 35.5. The molecule has 0 aliphatic heterocycles. The zero-order valence-corrected chi connectivity index (χ0v) is 14.5. The van der Waals surface area contributed by atoms with Crippen molar-refractivity contribution in [3.63, 3.8) is 0 Å². The second-order valence-corrected chi connectivity index (χ2v) is 7.97. The van der Waals surface area contributed by atoms with Crippen LogP contribution in [0.4, 0.5) is 0 Å². The SMILES string of the molecule is CC(C)(C)S(=O)N=C(c1ccnc(Cl)c1)c1cccnc1C#N. The van der Waals surface area contributed by atoms with E-state index >= 15 is 0 Å². The Kier molecular flexibility index (Phi) is 5.24. The summed E-state index contributed by atoms with van der Waals surface area (Å²) in [5.74, 6) is 0. The maximum absolute atomic E-state index is 12.5. The highest BCUT2D eigenvalue weighted by Crippen LogP contribution is 2.20. The first-order chi connectivity index (χ1) is 10.8. The van der Waals surface area contributed by atoms with Gasteiger partial charge in [-0.1, -0.05) is 11.6 Å².